The second-order valence-electron chi connectivity index (χ2n) is 5.10. The molecule has 128 valence electrons. The first kappa shape index (κ1) is 24.5. The fourth-order valence-corrected chi connectivity index (χ4v) is 1.53. The molecule has 0 atom stereocenters. The summed E-state index contributed by atoms with van der Waals surface area (Å²) >= 11 is 0. The van der Waals surface area contributed by atoms with Crippen LogP contribution in [0.5, 0.6) is 5.88 Å². The number of aromatic nitrogens is 1. The van der Waals surface area contributed by atoms with Crippen LogP contribution in [0.25, 0.3) is 0 Å². The van der Waals surface area contributed by atoms with Gasteiger partial charge in [0.15, 0.2) is 6.61 Å². The molecule has 1 aromatic rings. The van der Waals surface area contributed by atoms with Crippen LogP contribution in [0.3, 0.4) is 0 Å². The number of rotatable bonds is 6. The molecule has 0 radical (unpaired) electrons. The van der Waals surface area contributed by atoms with Crippen molar-refractivity contribution in [2.45, 2.75) is 46.2 Å². The molecule has 5 nitrogen and oxygen atoms in total. The van der Waals surface area contributed by atoms with Gasteiger partial charge in [-0.1, -0.05) is 27.7 Å². The summed E-state index contributed by atoms with van der Waals surface area (Å²) in [6.07, 6.45) is -2.02. The van der Waals surface area contributed by atoms with Crippen LogP contribution in [0.15, 0.2) is 12.3 Å². The van der Waals surface area contributed by atoms with E-state index in [1.807, 2.05) is 0 Å². The van der Waals surface area contributed by atoms with Crippen molar-refractivity contribution in [2.75, 3.05) is 6.61 Å². The fourth-order valence-electron chi connectivity index (χ4n) is 1.53. The molecule has 23 heavy (non-hydrogen) atoms. The molecule has 0 saturated heterocycles. The number of nitrogens with one attached hydrogen (secondary N) is 1. The van der Waals surface area contributed by atoms with Gasteiger partial charge in [-0.15, -0.1) is 0 Å². The van der Waals surface area contributed by atoms with E-state index in [1.165, 1.54) is 0 Å². The number of hydrogen-bond acceptors (Lipinski definition) is 5. The van der Waals surface area contributed by atoms with Crippen molar-refractivity contribution in [3.05, 3.63) is 18.1 Å². The summed E-state index contributed by atoms with van der Waals surface area (Å²) in [7, 11) is -2.04. The van der Waals surface area contributed by atoms with Gasteiger partial charge in [0.05, 0.1) is 6.20 Å². The van der Waals surface area contributed by atoms with Gasteiger partial charge in [-0.3, -0.25) is 0 Å². The molecule has 1 rings (SSSR count). The SMILES string of the molecule is CC(C)NC(C)C.OB(O)c1cc(OCC(F)F)ncc1F.[LiH]. The minimum absolute atomic E-state index is 0. The van der Waals surface area contributed by atoms with E-state index in [2.05, 4.69) is 42.7 Å². The van der Waals surface area contributed by atoms with Crippen LogP contribution >= 0.6 is 0 Å². The summed E-state index contributed by atoms with van der Waals surface area (Å²) in [5, 5.41) is 20.7. The van der Waals surface area contributed by atoms with Crippen LogP contribution in [0.2, 0.25) is 0 Å². The average Bonchev–Trinajstić information content (AvgIpc) is 2.36. The van der Waals surface area contributed by atoms with E-state index in [0.29, 0.717) is 18.3 Å². The van der Waals surface area contributed by atoms with E-state index in [0.717, 1.165) is 6.07 Å². The first-order valence-corrected chi connectivity index (χ1v) is 6.82. The Morgan fingerprint density at radius 2 is 1.74 bits per heavy atom. The van der Waals surface area contributed by atoms with Crippen molar-refractivity contribution in [3.8, 4) is 5.88 Å². The van der Waals surface area contributed by atoms with Crippen LogP contribution < -0.4 is 15.5 Å². The van der Waals surface area contributed by atoms with Crippen molar-refractivity contribution in [2.24, 2.45) is 0 Å². The van der Waals surface area contributed by atoms with E-state index in [-0.39, 0.29) is 24.7 Å². The normalized spacial score (nSPS) is 10.3. The first-order valence-electron chi connectivity index (χ1n) is 6.82. The Morgan fingerprint density at radius 1 is 1.22 bits per heavy atom. The van der Waals surface area contributed by atoms with Crippen LogP contribution in [-0.4, -0.2) is 66.1 Å². The number of ether oxygens (including phenoxy) is 1. The predicted molar refractivity (Wildman–Crippen MR) is 86.1 cm³/mol. The van der Waals surface area contributed by atoms with E-state index < -0.39 is 31.4 Å². The standard InChI is InChI=1S/C7H7BF3NO3.C6H15N.Li.H/c9-5-2-12-7(15-3-6(10)11)1-4(5)8(13)14;1-5(2)7-6(3)4;;/h1-2,6,13-14H,3H2;5-7H,1-4H3;;. The summed E-state index contributed by atoms with van der Waals surface area (Å²) < 4.78 is 40.8. The number of pyridine rings is 1. The quantitative estimate of drug-likeness (QED) is 0.654. The number of nitrogens with zero attached hydrogens (tertiary/aromatic N) is 1. The maximum atomic E-state index is 12.8. The first-order chi connectivity index (χ1) is 10.1. The topological polar surface area (TPSA) is 74.6 Å². The zero-order valence-electron chi connectivity index (χ0n) is 13.1. The van der Waals surface area contributed by atoms with Gasteiger partial charge < -0.3 is 20.1 Å². The summed E-state index contributed by atoms with van der Waals surface area (Å²) in [5.41, 5.74) is -0.478. The van der Waals surface area contributed by atoms with Crippen molar-refractivity contribution in [1.82, 2.24) is 10.3 Å². The van der Waals surface area contributed by atoms with Gasteiger partial charge in [0.25, 0.3) is 6.43 Å². The molecule has 1 aromatic heterocycles. The number of halogens is 3. The van der Waals surface area contributed by atoms with Crippen molar-refractivity contribution in [1.29, 1.82) is 0 Å². The molecule has 0 aromatic carbocycles. The summed E-state index contributed by atoms with van der Waals surface area (Å²) in [6, 6.07) is 2.10. The minimum atomic E-state index is -2.68. The molecule has 0 bridgehead atoms. The Labute approximate surface area is 147 Å². The average molecular weight is 330 g/mol. The molecule has 0 aliphatic rings. The van der Waals surface area contributed by atoms with Crippen LogP contribution in [0.1, 0.15) is 27.7 Å². The van der Waals surface area contributed by atoms with Crippen LogP contribution in [0, 0.1) is 5.82 Å². The van der Waals surface area contributed by atoms with E-state index in [1.54, 1.807) is 0 Å². The van der Waals surface area contributed by atoms with Gasteiger partial charge in [-0.2, -0.15) is 0 Å². The third kappa shape index (κ3) is 12.4. The molecule has 0 unspecified atom stereocenters. The molecule has 0 saturated carbocycles. The zero-order valence-corrected chi connectivity index (χ0v) is 13.1. The molecule has 3 N–H and O–H groups in total. The Morgan fingerprint density at radius 3 is 2.09 bits per heavy atom. The second kappa shape index (κ2) is 12.7. The van der Waals surface area contributed by atoms with E-state index >= 15 is 0 Å². The van der Waals surface area contributed by atoms with Crippen molar-refractivity contribution < 1.29 is 28.0 Å². The molecule has 1 heterocycles. The van der Waals surface area contributed by atoms with Gasteiger partial charge >= 0.3 is 26.0 Å². The van der Waals surface area contributed by atoms with Crippen molar-refractivity contribution in [3.63, 3.8) is 0 Å². The molecule has 0 amide bonds. The maximum absolute atomic E-state index is 12.8. The predicted octanol–water partition coefficient (Wildman–Crippen LogP) is 0.289. The fraction of sp³-hybridized carbons (Fsp3) is 0.615. The van der Waals surface area contributed by atoms with Crippen LogP contribution in [-0.2, 0) is 0 Å². The molecule has 10 heteroatoms. The van der Waals surface area contributed by atoms with Gasteiger partial charge in [-0.25, -0.2) is 18.2 Å². The Hall–Kier alpha value is -0.718. The molecule has 0 aliphatic carbocycles. The molecular weight excluding hydrogens is 307 g/mol. The zero-order chi connectivity index (χ0) is 17.3. The molecule has 0 aliphatic heterocycles. The Kier molecular flexibility index (Phi) is 13.5. The summed E-state index contributed by atoms with van der Waals surface area (Å²) in [5.74, 6) is -1.24. The number of alkyl halides is 2. The summed E-state index contributed by atoms with van der Waals surface area (Å²) in [4.78, 5) is 3.34. The molecule has 0 fully saturated rings. The molecular formula is C13H23BF3LiN2O3. The molecule has 0 spiro atoms. The summed E-state index contributed by atoms with van der Waals surface area (Å²) in [6.45, 7) is 7.72. The van der Waals surface area contributed by atoms with E-state index in [9.17, 15) is 13.2 Å². The third-order valence-corrected chi connectivity index (χ3v) is 2.16. The Balaban J connectivity index is 0. The Bertz CT molecular complexity index is 435. The van der Waals surface area contributed by atoms with Gasteiger partial charge in [-0.05, 0) is 0 Å². The van der Waals surface area contributed by atoms with Gasteiger partial charge in [0.1, 0.15) is 5.82 Å². The second-order valence-corrected chi connectivity index (χ2v) is 5.10. The van der Waals surface area contributed by atoms with Crippen LogP contribution in [0.4, 0.5) is 13.2 Å². The van der Waals surface area contributed by atoms with Crippen molar-refractivity contribution >= 4 is 31.4 Å². The number of hydrogen-bond donors (Lipinski definition) is 3. The monoisotopic (exact) mass is 330 g/mol. The van der Waals surface area contributed by atoms with Gasteiger partial charge in [0, 0.05) is 23.6 Å². The third-order valence-electron chi connectivity index (χ3n) is 2.16. The van der Waals surface area contributed by atoms with Gasteiger partial charge in [0.2, 0.25) is 5.88 Å². The van der Waals surface area contributed by atoms with E-state index in [4.69, 9.17) is 10.0 Å².